The van der Waals surface area contributed by atoms with E-state index in [2.05, 4.69) is 4.99 Å². The van der Waals surface area contributed by atoms with Gasteiger partial charge >= 0.3 is 0 Å². The molecule has 0 amide bonds. The van der Waals surface area contributed by atoms with E-state index in [4.69, 9.17) is 39.5 Å². The van der Waals surface area contributed by atoms with Crippen molar-refractivity contribution in [3.63, 3.8) is 0 Å². The average molecular weight is 391 g/mol. The highest BCUT2D eigenvalue weighted by atomic mass is 35.5. The van der Waals surface area contributed by atoms with Crippen molar-refractivity contribution in [2.75, 3.05) is 0 Å². The summed E-state index contributed by atoms with van der Waals surface area (Å²) in [5.74, 6) is 0.742. The summed E-state index contributed by atoms with van der Waals surface area (Å²) in [5, 5.41) is 1.25. The van der Waals surface area contributed by atoms with Crippen LogP contribution in [0.3, 0.4) is 0 Å². The van der Waals surface area contributed by atoms with Gasteiger partial charge < -0.3 is 4.74 Å². The summed E-state index contributed by atoms with van der Waals surface area (Å²) in [6.45, 7) is 0.485. The van der Waals surface area contributed by atoms with Gasteiger partial charge in [-0.25, -0.2) is 0 Å². The zero-order chi connectivity index (χ0) is 17.6. The normalized spacial score (nSPS) is 11.0. The first-order valence-corrected chi connectivity index (χ1v) is 8.71. The third-order valence-corrected chi connectivity index (χ3v) is 4.51. The Morgan fingerprint density at radius 3 is 2.28 bits per heavy atom. The maximum Gasteiger partial charge on any atom is 0.128 e. The van der Waals surface area contributed by atoms with Gasteiger partial charge in [0.2, 0.25) is 0 Å². The topological polar surface area (TPSA) is 21.6 Å². The lowest BCUT2D eigenvalue weighted by molar-refractivity contribution is 0.306. The number of aliphatic imine (C=N–C) groups is 1. The van der Waals surface area contributed by atoms with Crippen molar-refractivity contribution in [1.82, 2.24) is 0 Å². The molecule has 0 N–H and O–H groups in total. The molecule has 5 heteroatoms. The molecule has 0 saturated carbocycles. The summed E-state index contributed by atoms with van der Waals surface area (Å²) in [6, 6.07) is 20.9. The van der Waals surface area contributed by atoms with E-state index in [9.17, 15) is 0 Å². The van der Waals surface area contributed by atoms with E-state index in [0.29, 0.717) is 27.4 Å². The molecule has 126 valence electrons. The van der Waals surface area contributed by atoms with Gasteiger partial charge in [-0.05, 0) is 29.8 Å². The molecule has 3 aromatic rings. The van der Waals surface area contributed by atoms with Crippen LogP contribution in [0.5, 0.6) is 5.75 Å². The van der Waals surface area contributed by atoms with Gasteiger partial charge in [-0.3, -0.25) is 4.99 Å². The number of rotatable bonds is 5. The molecule has 2 nitrogen and oxygen atoms in total. The Labute approximate surface area is 161 Å². The predicted octanol–water partition coefficient (Wildman–Crippen LogP) is 6.98. The molecule has 0 bridgehead atoms. The monoisotopic (exact) mass is 389 g/mol. The Morgan fingerprint density at radius 2 is 1.48 bits per heavy atom. The lowest BCUT2D eigenvalue weighted by Crippen LogP contribution is -1.98. The maximum atomic E-state index is 6.16. The van der Waals surface area contributed by atoms with Crippen LogP contribution in [0.2, 0.25) is 15.1 Å². The standard InChI is InChI=1S/C20H14Cl3NO/c21-16-10-18(23)19(11-17(16)22)24-12-15-8-4-5-9-20(15)25-13-14-6-2-1-3-7-14/h1-12H,13H2. The minimum absolute atomic E-state index is 0.400. The highest BCUT2D eigenvalue weighted by molar-refractivity contribution is 6.44. The lowest BCUT2D eigenvalue weighted by atomic mass is 10.2. The number of hydrogen-bond donors (Lipinski definition) is 0. The highest BCUT2D eigenvalue weighted by Crippen LogP contribution is 2.34. The second-order valence-electron chi connectivity index (χ2n) is 5.29. The number of halogens is 3. The number of benzene rings is 3. The first kappa shape index (κ1) is 17.8. The number of ether oxygens (including phenoxy) is 1. The van der Waals surface area contributed by atoms with Crippen molar-refractivity contribution >= 4 is 46.7 Å². The largest absolute Gasteiger partial charge is 0.488 e. The fourth-order valence-electron chi connectivity index (χ4n) is 2.20. The Hall–Kier alpha value is -2.00. The van der Waals surface area contributed by atoms with Gasteiger partial charge in [-0.2, -0.15) is 0 Å². The fraction of sp³-hybridized carbons (Fsp3) is 0.0500. The summed E-state index contributed by atoms with van der Waals surface area (Å²) in [5.41, 5.74) is 2.50. The first-order valence-electron chi connectivity index (χ1n) is 7.58. The van der Waals surface area contributed by atoms with Crippen LogP contribution in [0, 0.1) is 0 Å². The highest BCUT2D eigenvalue weighted by Gasteiger charge is 2.06. The van der Waals surface area contributed by atoms with E-state index >= 15 is 0 Å². The Kier molecular flexibility index (Phi) is 5.98. The SMILES string of the molecule is Clc1cc(Cl)c(N=Cc2ccccc2OCc2ccccc2)cc1Cl. The van der Waals surface area contributed by atoms with Crippen LogP contribution in [0.1, 0.15) is 11.1 Å². The van der Waals surface area contributed by atoms with Crippen molar-refractivity contribution in [3.05, 3.63) is 92.9 Å². The molecule has 0 fully saturated rings. The zero-order valence-electron chi connectivity index (χ0n) is 13.1. The van der Waals surface area contributed by atoms with Crippen molar-refractivity contribution < 1.29 is 4.74 Å². The molecule has 0 aliphatic heterocycles. The smallest absolute Gasteiger partial charge is 0.128 e. The van der Waals surface area contributed by atoms with Crippen LogP contribution in [0.25, 0.3) is 0 Å². The van der Waals surface area contributed by atoms with Gasteiger partial charge in [0.05, 0.1) is 20.8 Å². The summed E-state index contributed by atoms with van der Waals surface area (Å²) < 4.78 is 5.91. The van der Waals surface area contributed by atoms with Crippen LogP contribution in [-0.2, 0) is 6.61 Å². The average Bonchev–Trinajstić information content (AvgIpc) is 2.63. The minimum atomic E-state index is 0.400. The molecule has 0 aromatic heterocycles. The zero-order valence-corrected chi connectivity index (χ0v) is 15.4. The molecule has 0 atom stereocenters. The van der Waals surface area contributed by atoms with Gasteiger partial charge in [-0.15, -0.1) is 0 Å². The second kappa shape index (κ2) is 8.39. The number of nitrogens with zero attached hydrogens (tertiary/aromatic N) is 1. The molecule has 0 unspecified atom stereocenters. The molecule has 0 radical (unpaired) electrons. The van der Waals surface area contributed by atoms with Gasteiger partial charge in [-0.1, -0.05) is 77.3 Å². The number of hydrogen-bond acceptors (Lipinski definition) is 2. The summed E-state index contributed by atoms with van der Waals surface area (Å²) in [4.78, 5) is 4.41. The Morgan fingerprint density at radius 1 is 0.800 bits per heavy atom. The molecule has 0 aliphatic rings. The minimum Gasteiger partial charge on any atom is -0.488 e. The fourth-order valence-corrected chi connectivity index (χ4v) is 2.79. The number of para-hydroxylation sites is 1. The Bertz CT molecular complexity index is 895. The quantitative estimate of drug-likeness (QED) is 0.340. The van der Waals surface area contributed by atoms with Crippen molar-refractivity contribution in [2.24, 2.45) is 4.99 Å². The molecule has 0 spiro atoms. The van der Waals surface area contributed by atoms with Crippen LogP contribution < -0.4 is 4.74 Å². The van der Waals surface area contributed by atoms with Crippen molar-refractivity contribution in [1.29, 1.82) is 0 Å². The molecule has 25 heavy (non-hydrogen) atoms. The van der Waals surface area contributed by atoms with Gasteiger partial charge in [0.1, 0.15) is 12.4 Å². The van der Waals surface area contributed by atoms with Gasteiger partial charge in [0, 0.05) is 11.8 Å². The summed E-state index contributed by atoms with van der Waals surface area (Å²) in [6.07, 6.45) is 1.70. The third-order valence-electron chi connectivity index (χ3n) is 3.49. The molecule has 0 saturated heterocycles. The molecule has 0 aliphatic carbocycles. The summed E-state index contributed by atoms with van der Waals surface area (Å²) in [7, 11) is 0. The van der Waals surface area contributed by atoms with Crippen molar-refractivity contribution in [3.8, 4) is 5.75 Å². The van der Waals surface area contributed by atoms with E-state index < -0.39 is 0 Å². The predicted molar refractivity (Wildman–Crippen MR) is 106 cm³/mol. The molecular weight excluding hydrogens is 377 g/mol. The lowest BCUT2D eigenvalue weighted by Gasteiger charge is -2.09. The second-order valence-corrected chi connectivity index (χ2v) is 6.51. The van der Waals surface area contributed by atoms with Crippen molar-refractivity contribution in [2.45, 2.75) is 6.61 Å². The molecule has 3 rings (SSSR count). The van der Waals surface area contributed by atoms with Crippen LogP contribution in [0.15, 0.2) is 71.7 Å². The Balaban J connectivity index is 1.80. The molecule has 3 aromatic carbocycles. The van der Waals surface area contributed by atoms with E-state index in [1.807, 2.05) is 54.6 Å². The molecular formula is C20H14Cl3NO. The van der Waals surface area contributed by atoms with Crippen LogP contribution in [0.4, 0.5) is 5.69 Å². The van der Waals surface area contributed by atoms with Gasteiger partial charge in [0.25, 0.3) is 0 Å². The third kappa shape index (κ3) is 4.76. The van der Waals surface area contributed by atoms with Gasteiger partial charge in [0.15, 0.2) is 0 Å². The van der Waals surface area contributed by atoms with E-state index in [1.54, 1.807) is 18.3 Å². The van der Waals surface area contributed by atoms with E-state index in [0.717, 1.165) is 16.9 Å². The maximum absolute atomic E-state index is 6.16. The first-order chi connectivity index (χ1) is 12.1. The van der Waals surface area contributed by atoms with E-state index in [-0.39, 0.29) is 0 Å². The van der Waals surface area contributed by atoms with Crippen LogP contribution in [-0.4, -0.2) is 6.21 Å². The van der Waals surface area contributed by atoms with E-state index in [1.165, 1.54) is 0 Å². The molecule has 0 heterocycles. The van der Waals surface area contributed by atoms with Crippen LogP contribution >= 0.6 is 34.8 Å². The summed E-state index contributed by atoms with van der Waals surface area (Å²) >= 11 is 18.1.